The first-order chi connectivity index (χ1) is 11.3. The number of aromatic nitrogens is 4. The summed E-state index contributed by atoms with van der Waals surface area (Å²) in [4.78, 5) is 13.4. The Kier molecular flexibility index (Phi) is 4.13. The summed E-state index contributed by atoms with van der Waals surface area (Å²) < 4.78 is 2.03. The highest BCUT2D eigenvalue weighted by atomic mass is 16.3. The van der Waals surface area contributed by atoms with Gasteiger partial charge in [-0.25, -0.2) is 15.0 Å². The van der Waals surface area contributed by atoms with Crippen molar-refractivity contribution in [3.63, 3.8) is 0 Å². The van der Waals surface area contributed by atoms with Gasteiger partial charge in [0.25, 0.3) is 0 Å². The summed E-state index contributed by atoms with van der Waals surface area (Å²) in [5, 5.41) is 9.87. The Labute approximate surface area is 142 Å². The van der Waals surface area contributed by atoms with E-state index in [-0.39, 0.29) is 18.1 Å². The van der Waals surface area contributed by atoms with Crippen molar-refractivity contribution in [1.29, 1.82) is 0 Å². The lowest BCUT2D eigenvalue weighted by Crippen LogP contribution is -2.11. The van der Waals surface area contributed by atoms with Gasteiger partial charge in [-0.05, 0) is 30.4 Å². The zero-order valence-corrected chi connectivity index (χ0v) is 14.9. The Bertz CT molecular complexity index is 875. The van der Waals surface area contributed by atoms with Gasteiger partial charge in [-0.3, -0.25) is 0 Å². The minimum atomic E-state index is -0.0321. The van der Waals surface area contributed by atoms with Crippen molar-refractivity contribution < 1.29 is 5.11 Å². The molecular formula is C19H24N4O. The predicted octanol–water partition coefficient (Wildman–Crippen LogP) is 3.86. The van der Waals surface area contributed by atoms with Crippen molar-refractivity contribution in [3.05, 3.63) is 42.0 Å². The van der Waals surface area contributed by atoms with E-state index in [0.29, 0.717) is 0 Å². The lowest BCUT2D eigenvalue weighted by Gasteiger charge is -2.21. The molecule has 0 fully saturated rings. The van der Waals surface area contributed by atoms with Gasteiger partial charge in [0.05, 0.1) is 12.9 Å². The van der Waals surface area contributed by atoms with E-state index < -0.39 is 0 Å². The van der Waals surface area contributed by atoms with Crippen LogP contribution in [0.25, 0.3) is 22.4 Å². The number of nitrogens with zero attached hydrogens (tertiary/aromatic N) is 4. The molecule has 1 N–H and O–H groups in total. The number of hydrogen-bond acceptors (Lipinski definition) is 4. The van der Waals surface area contributed by atoms with E-state index in [1.807, 2.05) is 10.6 Å². The Morgan fingerprint density at radius 2 is 1.88 bits per heavy atom. The molecule has 126 valence electrons. The molecule has 0 saturated heterocycles. The smallest absolute Gasteiger partial charge is 0.164 e. The molecule has 2 aromatic heterocycles. The van der Waals surface area contributed by atoms with Gasteiger partial charge in [-0.15, -0.1) is 0 Å². The number of aliphatic hydroxyl groups excluding tert-OH is 1. The van der Waals surface area contributed by atoms with Crippen LogP contribution in [0.3, 0.4) is 0 Å². The highest BCUT2D eigenvalue weighted by Crippen LogP contribution is 2.32. The first-order valence-corrected chi connectivity index (χ1v) is 8.25. The van der Waals surface area contributed by atoms with Gasteiger partial charge >= 0.3 is 0 Å². The highest BCUT2D eigenvalue weighted by molar-refractivity contribution is 5.88. The van der Waals surface area contributed by atoms with E-state index in [4.69, 9.17) is 0 Å². The van der Waals surface area contributed by atoms with E-state index in [1.54, 1.807) is 12.7 Å². The molecule has 5 nitrogen and oxygen atoms in total. The van der Waals surface area contributed by atoms with E-state index in [2.05, 4.69) is 61.7 Å². The van der Waals surface area contributed by atoms with Gasteiger partial charge in [-0.1, -0.05) is 39.0 Å². The number of rotatable bonds is 3. The molecule has 0 aliphatic heterocycles. The number of aliphatic hydroxyl groups is 1. The quantitative estimate of drug-likeness (QED) is 0.794. The molecule has 0 aliphatic carbocycles. The van der Waals surface area contributed by atoms with Crippen LogP contribution in [-0.2, 0) is 12.0 Å². The van der Waals surface area contributed by atoms with Crippen molar-refractivity contribution in [1.82, 2.24) is 19.5 Å². The van der Waals surface area contributed by atoms with Gasteiger partial charge in [0.1, 0.15) is 17.5 Å². The lowest BCUT2D eigenvalue weighted by atomic mass is 9.85. The normalized spacial score (nSPS) is 12.3. The fourth-order valence-electron chi connectivity index (χ4n) is 2.85. The maximum absolute atomic E-state index is 9.87. The second kappa shape index (κ2) is 5.98. The van der Waals surface area contributed by atoms with E-state index >= 15 is 0 Å². The average molecular weight is 324 g/mol. The molecule has 0 saturated carbocycles. The van der Waals surface area contributed by atoms with Crippen LogP contribution in [0.15, 0.2) is 30.9 Å². The molecule has 1 aromatic carbocycles. The summed E-state index contributed by atoms with van der Waals surface area (Å²) in [5.41, 5.74) is 5.34. The highest BCUT2D eigenvalue weighted by Gasteiger charge is 2.19. The van der Waals surface area contributed by atoms with Crippen molar-refractivity contribution in [3.8, 4) is 11.3 Å². The lowest BCUT2D eigenvalue weighted by molar-refractivity contribution is 0.282. The maximum atomic E-state index is 9.87. The largest absolute Gasteiger partial charge is 0.392 e. The van der Waals surface area contributed by atoms with Crippen LogP contribution in [0.5, 0.6) is 0 Å². The van der Waals surface area contributed by atoms with Gasteiger partial charge < -0.3 is 9.67 Å². The molecule has 0 aliphatic rings. The van der Waals surface area contributed by atoms with Crippen LogP contribution in [0, 0.1) is 0 Å². The van der Waals surface area contributed by atoms with Crippen LogP contribution in [-0.4, -0.2) is 24.6 Å². The zero-order chi connectivity index (χ0) is 17.5. The first kappa shape index (κ1) is 16.6. The van der Waals surface area contributed by atoms with Gasteiger partial charge in [0, 0.05) is 11.6 Å². The van der Waals surface area contributed by atoms with Crippen LogP contribution < -0.4 is 0 Å². The SMILES string of the molecule is CC(C)n1cnc2c(-c3ccc(C(C)(C)C)cc3CO)ncnc21. The first-order valence-electron chi connectivity index (χ1n) is 8.25. The molecule has 0 radical (unpaired) electrons. The minimum Gasteiger partial charge on any atom is -0.392 e. The second-order valence-corrected chi connectivity index (χ2v) is 7.42. The second-order valence-electron chi connectivity index (χ2n) is 7.42. The summed E-state index contributed by atoms with van der Waals surface area (Å²) in [6.07, 6.45) is 3.37. The summed E-state index contributed by atoms with van der Waals surface area (Å²) in [6.45, 7) is 10.7. The molecule has 0 amide bonds. The molecular weight excluding hydrogens is 300 g/mol. The third-order valence-corrected chi connectivity index (χ3v) is 4.31. The Morgan fingerprint density at radius 1 is 1.12 bits per heavy atom. The Balaban J connectivity index is 2.21. The predicted molar refractivity (Wildman–Crippen MR) is 95.8 cm³/mol. The van der Waals surface area contributed by atoms with Crippen molar-refractivity contribution >= 4 is 11.2 Å². The Hall–Kier alpha value is -2.27. The summed E-state index contributed by atoms with van der Waals surface area (Å²) >= 11 is 0. The van der Waals surface area contributed by atoms with Crippen molar-refractivity contribution in [2.24, 2.45) is 0 Å². The third-order valence-electron chi connectivity index (χ3n) is 4.31. The number of hydrogen-bond donors (Lipinski definition) is 1. The van der Waals surface area contributed by atoms with Gasteiger partial charge in [-0.2, -0.15) is 0 Å². The molecule has 3 aromatic rings. The Morgan fingerprint density at radius 3 is 2.50 bits per heavy atom. The standard InChI is InChI=1S/C19H24N4O/c1-12(2)23-11-22-17-16(20-10-21-18(17)23)15-7-6-14(19(3,4)5)8-13(15)9-24/h6-8,10-12,24H,9H2,1-5H3. The molecule has 0 atom stereocenters. The molecule has 0 spiro atoms. The maximum Gasteiger partial charge on any atom is 0.164 e. The molecule has 24 heavy (non-hydrogen) atoms. The van der Waals surface area contributed by atoms with E-state index in [9.17, 15) is 5.11 Å². The number of imidazole rings is 1. The molecule has 2 heterocycles. The molecule has 3 rings (SSSR count). The monoisotopic (exact) mass is 324 g/mol. The molecule has 0 unspecified atom stereocenters. The average Bonchev–Trinajstić information content (AvgIpc) is 2.97. The minimum absolute atomic E-state index is 0.0304. The van der Waals surface area contributed by atoms with E-state index in [0.717, 1.165) is 28.0 Å². The summed E-state index contributed by atoms with van der Waals surface area (Å²) in [5.74, 6) is 0. The number of benzene rings is 1. The fraction of sp³-hybridized carbons (Fsp3) is 0.421. The molecule has 0 bridgehead atoms. The van der Waals surface area contributed by atoms with Crippen LogP contribution in [0.1, 0.15) is 51.8 Å². The summed E-state index contributed by atoms with van der Waals surface area (Å²) in [6, 6.07) is 6.46. The van der Waals surface area contributed by atoms with Crippen LogP contribution in [0.4, 0.5) is 0 Å². The van der Waals surface area contributed by atoms with Crippen LogP contribution >= 0.6 is 0 Å². The fourth-order valence-corrected chi connectivity index (χ4v) is 2.85. The van der Waals surface area contributed by atoms with E-state index in [1.165, 1.54) is 5.56 Å². The van der Waals surface area contributed by atoms with Crippen LogP contribution in [0.2, 0.25) is 0 Å². The number of fused-ring (bicyclic) bond motifs is 1. The third kappa shape index (κ3) is 2.80. The topological polar surface area (TPSA) is 63.8 Å². The van der Waals surface area contributed by atoms with Gasteiger partial charge in [0.15, 0.2) is 5.65 Å². The van der Waals surface area contributed by atoms with Crippen molar-refractivity contribution in [2.75, 3.05) is 0 Å². The summed E-state index contributed by atoms with van der Waals surface area (Å²) in [7, 11) is 0. The molecule has 5 heteroatoms. The van der Waals surface area contributed by atoms with Crippen molar-refractivity contribution in [2.45, 2.75) is 52.7 Å². The zero-order valence-electron chi connectivity index (χ0n) is 14.9. The van der Waals surface area contributed by atoms with Gasteiger partial charge in [0.2, 0.25) is 0 Å².